The molecule has 27 heavy (non-hydrogen) atoms. The van der Waals surface area contributed by atoms with Gasteiger partial charge in [-0.1, -0.05) is 30.7 Å². The van der Waals surface area contributed by atoms with Crippen molar-refractivity contribution >= 4 is 44.9 Å². The van der Waals surface area contributed by atoms with Gasteiger partial charge in [0, 0.05) is 4.90 Å². The van der Waals surface area contributed by atoms with Crippen LogP contribution in [-0.2, 0) is 4.79 Å². The standard InChI is InChI=1S/C21H23N3OS2/c1-26-18-11-4-2-8-15(18)22-20(25)14-24-13-7-6-10-17(24)21-23-16-9-3-5-12-19(16)27-21/h2-5,8-9,11-12,17H,6-7,10,13-14H2,1H3,(H,22,25)/t17-/m0/s1. The second kappa shape index (κ2) is 8.42. The first kappa shape index (κ1) is 18.5. The van der Waals surface area contributed by atoms with Gasteiger partial charge in [0.05, 0.1) is 28.5 Å². The molecule has 1 aromatic heterocycles. The maximum atomic E-state index is 12.7. The van der Waals surface area contributed by atoms with E-state index in [-0.39, 0.29) is 11.9 Å². The van der Waals surface area contributed by atoms with Crippen LogP contribution < -0.4 is 5.32 Å². The molecule has 0 aliphatic carbocycles. The summed E-state index contributed by atoms with van der Waals surface area (Å²) < 4.78 is 1.22. The van der Waals surface area contributed by atoms with Gasteiger partial charge in [0.25, 0.3) is 0 Å². The van der Waals surface area contributed by atoms with E-state index in [9.17, 15) is 4.79 Å². The molecule has 0 radical (unpaired) electrons. The Morgan fingerprint density at radius 3 is 2.89 bits per heavy atom. The number of fused-ring (bicyclic) bond motifs is 1. The summed E-state index contributed by atoms with van der Waals surface area (Å²) >= 11 is 3.40. The molecule has 4 rings (SSSR count). The Morgan fingerprint density at radius 1 is 1.22 bits per heavy atom. The highest BCUT2D eigenvalue weighted by Gasteiger charge is 2.28. The van der Waals surface area contributed by atoms with Gasteiger partial charge in [0.15, 0.2) is 0 Å². The van der Waals surface area contributed by atoms with Crippen LogP contribution >= 0.6 is 23.1 Å². The minimum absolute atomic E-state index is 0.0458. The lowest BCUT2D eigenvalue weighted by Crippen LogP contribution is -2.39. The largest absolute Gasteiger partial charge is 0.324 e. The highest BCUT2D eigenvalue weighted by molar-refractivity contribution is 7.98. The SMILES string of the molecule is CSc1ccccc1NC(=O)CN1CCCC[C@H]1c1nc2ccccc2s1. The molecule has 6 heteroatoms. The number of nitrogens with one attached hydrogen (secondary N) is 1. The Hall–Kier alpha value is -1.89. The molecule has 3 aromatic rings. The molecule has 1 atom stereocenters. The molecule has 0 bridgehead atoms. The number of aromatic nitrogens is 1. The van der Waals surface area contributed by atoms with E-state index in [1.807, 2.05) is 36.6 Å². The van der Waals surface area contributed by atoms with Crippen LogP contribution in [0.5, 0.6) is 0 Å². The molecule has 1 fully saturated rings. The fourth-order valence-corrected chi connectivity index (χ4v) is 5.31. The van der Waals surface area contributed by atoms with Crippen molar-refractivity contribution < 1.29 is 4.79 Å². The molecule has 4 nitrogen and oxygen atoms in total. The van der Waals surface area contributed by atoms with Crippen LogP contribution in [0.25, 0.3) is 10.2 Å². The van der Waals surface area contributed by atoms with Crippen molar-refractivity contribution in [1.82, 2.24) is 9.88 Å². The van der Waals surface area contributed by atoms with Crippen molar-refractivity contribution in [2.75, 3.05) is 24.7 Å². The highest BCUT2D eigenvalue weighted by atomic mass is 32.2. The van der Waals surface area contributed by atoms with Crippen molar-refractivity contribution in [2.24, 2.45) is 0 Å². The van der Waals surface area contributed by atoms with Crippen molar-refractivity contribution in [1.29, 1.82) is 0 Å². The number of thioether (sulfide) groups is 1. The third-order valence-electron chi connectivity index (χ3n) is 4.94. The molecule has 140 valence electrons. The van der Waals surface area contributed by atoms with Gasteiger partial charge in [0.2, 0.25) is 5.91 Å². The van der Waals surface area contributed by atoms with Crippen LogP contribution in [0.1, 0.15) is 30.3 Å². The van der Waals surface area contributed by atoms with Crippen LogP contribution in [0.2, 0.25) is 0 Å². The van der Waals surface area contributed by atoms with Gasteiger partial charge in [-0.2, -0.15) is 0 Å². The number of amides is 1. The summed E-state index contributed by atoms with van der Waals surface area (Å²) in [7, 11) is 0. The first-order valence-electron chi connectivity index (χ1n) is 9.27. The number of anilines is 1. The van der Waals surface area contributed by atoms with E-state index >= 15 is 0 Å². The molecule has 0 unspecified atom stereocenters. The van der Waals surface area contributed by atoms with E-state index in [0.29, 0.717) is 6.54 Å². The summed E-state index contributed by atoms with van der Waals surface area (Å²) in [4.78, 5) is 20.9. The lowest BCUT2D eigenvalue weighted by atomic mass is 10.0. The second-order valence-electron chi connectivity index (χ2n) is 6.75. The Morgan fingerprint density at radius 2 is 2.04 bits per heavy atom. The zero-order chi connectivity index (χ0) is 18.6. The molecule has 2 aromatic carbocycles. The number of carbonyl (C=O) groups is 1. The minimum Gasteiger partial charge on any atom is -0.324 e. The molecule has 2 heterocycles. The van der Waals surface area contributed by atoms with Gasteiger partial charge in [-0.25, -0.2) is 4.98 Å². The predicted molar refractivity (Wildman–Crippen MR) is 115 cm³/mol. The number of rotatable bonds is 5. The molecular weight excluding hydrogens is 374 g/mol. The number of para-hydroxylation sites is 2. The fourth-order valence-electron chi connectivity index (χ4n) is 3.61. The Labute approximate surface area is 168 Å². The lowest BCUT2D eigenvalue weighted by Gasteiger charge is -2.33. The monoisotopic (exact) mass is 397 g/mol. The summed E-state index contributed by atoms with van der Waals surface area (Å²) in [5, 5.41) is 4.22. The number of carbonyl (C=O) groups excluding carboxylic acids is 1. The maximum Gasteiger partial charge on any atom is 0.238 e. The van der Waals surface area contributed by atoms with Crippen LogP contribution in [-0.4, -0.2) is 35.1 Å². The molecule has 0 saturated carbocycles. The first-order valence-corrected chi connectivity index (χ1v) is 11.3. The molecule has 1 aliphatic rings. The summed E-state index contributed by atoms with van der Waals surface area (Å²) in [6.45, 7) is 1.35. The predicted octanol–water partition coefficient (Wildman–Crippen LogP) is 5.18. The number of likely N-dealkylation sites (tertiary alicyclic amines) is 1. The third kappa shape index (κ3) is 4.18. The van der Waals surface area contributed by atoms with Gasteiger partial charge in [0.1, 0.15) is 5.01 Å². The zero-order valence-corrected chi connectivity index (χ0v) is 17.0. The van der Waals surface area contributed by atoms with Gasteiger partial charge >= 0.3 is 0 Å². The highest BCUT2D eigenvalue weighted by Crippen LogP contribution is 2.35. The molecule has 1 amide bonds. The number of benzene rings is 2. The zero-order valence-electron chi connectivity index (χ0n) is 15.4. The number of piperidine rings is 1. The number of hydrogen-bond donors (Lipinski definition) is 1. The summed E-state index contributed by atoms with van der Waals surface area (Å²) in [5.41, 5.74) is 1.95. The minimum atomic E-state index is 0.0458. The van der Waals surface area contributed by atoms with E-state index < -0.39 is 0 Å². The van der Waals surface area contributed by atoms with Gasteiger partial charge in [-0.15, -0.1) is 23.1 Å². The van der Waals surface area contributed by atoms with Gasteiger partial charge in [-0.05, 0) is 49.9 Å². The Balaban J connectivity index is 1.49. The lowest BCUT2D eigenvalue weighted by molar-refractivity contribution is -0.118. The van der Waals surface area contributed by atoms with Gasteiger partial charge < -0.3 is 5.32 Å². The average molecular weight is 398 g/mol. The first-order chi connectivity index (χ1) is 13.2. The summed E-state index contributed by atoms with van der Waals surface area (Å²) in [6.07, 6.45) is 5.41. The molecule has 1 aliphatic heterocycles. The average Bonchev–Trinajstić information content (AvgIpc) is 3.13. The van der Waals surface area contributed by atoms with Gasteiger partial charge in [-0.3, -0.25) is 9.69 Å². The topological polar surface area (TPSA) is 45.2 Å². The Bertz CT molecular complexity index is 907. The van der Waals surface area contributed by atoms with E-state index in [1.165, 1.54) is 11.1 Å². The summed E-state index contributed by atoms with van der Waals surface area (Å²) in [5.74, 6) is 0.0458. The van der Waals surface area contributed by atoms with E-state index in [0.717, 1.165) is 40.5 Å². The smallest absolute Gasteiger partial charge is 0.238 e. The fraction of sp³-hybridized carbons (Fsp3) is 0.333. The van der Waals surface area contributed by atoms with Crippen molar-refractivity contribution in [3.8, 4) is 0 Å². The molecule has 1 saturated heterocycles. The summed E-state index contributed by atoms with van der Waals surface area (Å²) in [6, 6.07) is 16.5. The number of nitrogens with zero attached hydrogens (tertiary/aromatic N) is 2. The quantitative estimate of drug-likeness (QED) is 0.602. The van der Waals surface area contributed by atoms with E-state index in [2.05, 4.69) is 28.4 Å². The van der Waals surface area contributed by atoms with E-state index in [1.54, 1.807) is 23.1 Å². The number of thiazole rings is 1. The molecule has 1 N–H and O–H groups in total. The Kier molecular flexibility index (Phi) is 5.76. The van der Waals surface area contributed by atoms with Crippen LogP contribution in [0.3, 0.4) is 0 Å². The molecular formula is C21H23N3OS2. The van der Waals surface area contributed by atoms with Crippen LogP contribution in [0.4, 0.5) is 5.69 Å². The third-order valence-corrected chi connectivity index (χ3v) is 6.87. The van der Waals surface area contributed by atoms with Crippen molar-refractivity contribution in [3.05, 3.63) is 53.5 Å². The number of hydrogen-bond acceptors (Lipinski definition) is 5. The van der Waals surface area contributed by atoms with Crippen LogP contribution in [0.15, 0.2) is 53.4 Å². The maximum absolute atomic E-state index is 12.7. The van der Waals surface area contributed by atoms with Crippen molar-refractivity contribution in [3.63, 3.8) is 0 Å². The molecule has 0 spiro atoms. The second-order valence-corrected chi connectivity index (χ2v) is 8.66. The van der Waals surface area contributed by atoms with E-state index in [4.69, 9.17) is 4.98 Å². The normalized spacial score (nSPS) is 17.9. The van der Waals surface area contributed by atoms with Crippen molar-refractivity contribution in [2.45, 2.75) is 30.2 Å². The van der Waals surface area contributed by atoms with Crippen LogP contribution in [0, 0.1) is 0 Å².